The van der Waals surface area contributed by atoms with E-state index in [1.807, 2.05) is 0 Å². The molecule has 0 saturated carbocycles. The van der Waals surface area contributed by atoms with E-state index >= 15 is 0 Å². The standard InChI is InChI=1S/C16H28N2O2.CH2O2/c1-15-2-11-20-16(14-15)3-5-17(6-4-16)7-8-18-9-12-19-13-10-18;2-1-3/h14H,2-13H2,1H3;1H,(H,2,3). The SMILES string of the molecule is CC1=CC2(CCN(CCN3CCOCC3)CC2)OCC1.O=CO. The first-order chi connectivity index (χ1) is 11.2. The van der Waals surface area contributed by atoms with Crippen molar-refractivity contribution in [2.24, 2.45) is 0 Å². The van der Waals surface area contributed by atoms with Gasteiger partial charge >= 0.3 is 0 Å². The zero-order valence-corrected chi connectivity index (χ0v) is 14.2. The summed E-state index contributed by atoms with van der Waals surface area (Å²) in [5.74, 6) is 0. The van der Waals surface area contributed by atoms with Crippen LogP contribution in [0.5, 0.6) is 0 Å². The average Bonchev–Trinajstić information content (AvgIpc) is 2.56. The number of hydrogen-bond donors (Lipinski definition) is 1. The number of ether oxygens (including phenoxy) is 2. The number of likely N-dealkylation sites (tertiary alicyclic amines) is 1. The quantitative estimate of drug-likeness (QED) is 0.621. The molecule has 0 amide bonds. The Morgan fingerprint density at radius 2 is 1.70 bits per heavy atom. The lowest BCUT2D eigenvalue weighted by Gasteiger charge is -2.42. The first-order valence-corrected chi connectivity index (χ1v) is 8.60. The van der Waals surface area contributed by atoms with Crippen LogP contribution < -0.4 is 0 Å². The normalized spacial score (nSPS) is 25.3. The molecule has 0 radical (unpaired) electrons. The monoisotopic (exact) mass is 326 g/mol. The third-order valence-electron chi connectivity index (χ3n) is 4.93. The van der Waals surface area contributed by atoms with Crippen molar-refractivity contribution in [3.8, 4) is 0 Å². The molecule has 3 rings (SSSR count). The highest BCUT2D eigenvalue weighted by Crippen LogP contribution is 2.32. The number of carbonyl (C=O) groups is 1. The number of nitrogens with zero attached hydrogens (tertiary/aromatic N) is 2. The Kier molecular flexibility index (Phi) is 7.49. The molecule has 132 valence electrons. The highest BCUT2D eigenvalue weighted by atomic mass is 16.5. The van der Waals surface area contributed by atoms with Crippen LogP contribution in [0.1, 0.15) is 26.2 Å². The second kappa shape index (κ2) is 9.37. The van der Waals surface area contributed by atoms with Gasteiger partial charge in [0.1, 0.15) is 0 Å². The van der Waals surface area contributed by atoms with E-state index in [0.29, 0.717) is 0 Å². The van der Waals surface area contributed by atoms with E-state index in [-0.39, 0.29) is 12.1 Å². The molecule has 2 fully saturated rings. The molecule has 0 unspecified atom stereocenters. The average molecular weight is 326 g/mol. The molecule has 0 aromatic rings. The van der Waals surface area contributed by atoms with Gasteiger partial charge in [0.05, 0.1) is 25.4 Å². The Morgan fingerprint density at radius 3 is 2.26 bits per heavy atom. The maximum atomic E-state index is 8.36. The van der Waals surface area contributed by atoms with Crippen LogP contribution in [-0.2, 0) is 14.3 Å². The summed E-state index contributed by atoms with van der Waals surface area (Å²) in [6, 6.07) is 0. The van der Waals surface area contributed by atoms with Crippen molar-refractivity contribution in [3.05, 3.63) is 11.6 Å². The Bertz CT molecular complexity index is 386. The molecule has 0 atom stereocenters. The summed E-state index contributed by atoms with van der Waals surface area (Å²) in [7, 11) is 0. The van der Waals surface area contributed by atoms with Gasteiger partial charge in [0.2, 0.25) is 0 Å². The first kappa shape index (κ1) is 18.4. The maximum absolute atomic E-state index is 8.36. The van der Waals surface area contributed by atoms with E-state index < -0.39 is 0 Å². The first-order valence-electron chi connectivity index (χ1n) is 8.60. The van der Waals surface area contributed by atoms with Gasteiger partial charge in [-0.1, -0.05) is 11.6 Å². The van der Waals surface area contributed by atoms with E-state index in [4.69, 9.17) is 19.4 Å². The van der Waals surface area contributed by atoms with Gasteiger partial charge in [0.15, 0.2) is 0 Å². The molecule has 1 spiro atoms. The molecule has 2 saturated heterocycles. The molecule has 0 aromatic heterocycles. The Hall–Kier alpha value is -0.950. The third kappa shape index (κ3) is 5.88. The zero-order chi connectivity index (χ0) is 16.5. The van der Waals surface area contributed by atoms with Gasteiger partial charge in [0.25, 0.3) is 6.47 Å². The number of morpholine rings is 1. The maximum Gasteiger partial charge on any atom is 0.290 e. The fraction of sp³-hybridized carbons (Fsp3) is 0.824. The number of carboxylic acid groups (broad SMARTS) is 1. The Morgan fingerprint density at radius 1 is 1.13 bits per heavy atom. The van der Waals surface area contributed by atoms with Crippen molar-refractivity contribution < 1.29 is 19.4 Å². The van der Waals surface area contributed by atoms with Crippen LogP contribution in [0.2, 0.25) is 0 Å². The highest BCUT2D eigenvalue weighted by molar-refractivity contribution is 5.32. The van der Waals surface area contributed by atoms with Crippen molar-refractivity contribution in [1.82, 2.24) is 9.80 Å². The lowest BCUT2D eigenvalue weighted by molar-refractivity contribution is -0.122. The molecule has 6 nitrogen and oxygen atoms in total. The lowest BCUT2D eigenvalue weighted by atomic mass is 9.87. The van der Waals surface area contributed by atoms with Gasteiger partial charge in [-0.05, 0) is 26.2 Å². The van der Waals surface area contributed by atoms with Crippen molar-refractivity contribution in [3.63, 3.8) is 0 Å². The van der Waals surface area contributed by atoms with E-state index in [0.717, 1.165) is 52.2 Å². The Labute approximate surface area is 139 Å². The summed E-state index contributed by atoms with van der Waals surface area (Å²) in [6.45, 7) is 11.6. The summed E-state index contributed by atoms with van der Waals surface area (Å²) >= 11 is 0. The molecule has 0 aromatic carbocycles. The Balaban J connectivity index is 0.000000595. The minimum atomic E-state index is -0.250. The van der Waals surface area contributed by atoms with Crippen molar-refractivity contribution in [1.29, 1.82) is 0 Å². The topological polar surface area (TPSA) is 62.2 Å². The van der Waals surface area contributed by atoms with E-state index in [1.54, 1.807) is 0 Å². The van der Waals surface area contributed by atoms with Gasteiger partial charge < -0.3 is 19.5 Å². The molecule has 0 aliphatic carbocycles. The summed E-state index contributed by atoms with van der Waals surface area (Å²) < 4.78 is 11.5. The van der Waals surface area contributed by atoms with Gasteiger partial charge in [0, 0.05) is 39.3 Å². The molecule has 6 heteroatoms. The summed E-state index contributed by atoms with van der Waals surface area (Å²) in [4.78, 5) is 13.5. The molecule has 0 bridgehead atoms. The van der Waals surface area contributed by atoms with Crippen LogP contribution in [0.3, 0.4) is 0 Å². The predicted octanol–water partition coefficient (Wildman–Crippen LogP) is 1.22. The van der Waals surface area contributed by atoms with E-state index in [2.05, 4.69) is 22.8 Å². The van der Waals surface area contributed by atoms with Crippen LogP contribution in [0.4, 0.5) is 0 Å². The van der Waals surface area contributed by atoms with Crippen LogP contribution in [0.15, 0.2) is 11.6 Å². The number of piperidine rings is 1. The fourth-order valence-electron chi connectivity index (χ4n) is 3.53. The van der Waals surface area contributed by atoms with Crippen LogP contribution in [-0.4, -0.2) is 86.1 Å². The molecule has 3 heterocycles. The van der Waals surface area contributed by atoms with E-state index in [9.17, 15) is 0 Å². The van der Waals surface area contributed by atoms with Crippen LogP contribution in [0, 0.1) is 0 Å². The molecule has 23 heavy (non-hydrogen) atoms. The highest BCUT2D eigenvalue weighted by Gasteiger charge is 2.35. The van der Waals surface area contributed by atoms with Crippen molar-refractivity contribution in [2.75, 3.05) is 59.1 Å². The fourth-order valence-corrected chi connectivity index (χ4v) is 3.53. The molecular weight excluding hydrogens is 296 g/mol. The van der Waals surface area contributed by atoms with Gasteiger partial charge in [-0.3, -0.25) is 9.69 Å². The zero-order valence-electron chi connectivity index (χ0n) is 14.2. The smallest absolute Gasteiger partial charge is 0.290 e. The van der Waals surface area contributed by atoms with Gasteiger partial charge in [-0.25, -0.2) is 0 Å². The molecule has 1 N–H and O–H groups in total. The third-order valence-corrected chi connectivity index (χ3v) is 4.93. The second-order valence-electron chi connectivity index (χ2n) is 6.55. The van der Waals surface area contributed by atoms with Gasteiger partial charge in [-0.15, -0.1) is 0 Å². The molecule has 3 aliphatic rings. The molecular formula is C17H30N2O4. The second-order valence-corrected chi connectivity index (χ2v) is 6.55. The van der Waals surface area contributed by atoms with E-state index in [1.165, 1.54) is 31.8 Å². The largest absolute Gasteiger partial charge is 0.483 e. The van der Waals surface area contributed by atoms with Crippen LogP contribution in [0.25, 0.3) is 0 Å². The molecule has 3 aliphatic heterocycles. The predicted molar refractivity (Wildman–Crippen MR) is 88.7 cm³/mol. The lowest BCUT2D eigenvalue weighted by Crippen LogP contribution is -2.49. The minimum Gasteiger partial charge on any atom is -0.483 e. The number of hydrogen-bond acceptors (Lipinski definition) is 5. The van der Waals surface area contributed by atoms with Gasteiger partial charge in [-0.2, -0.15) is 0 Å². The summed E-state index contributed by atoms with van der Waals surface area (Å²) in [5, 5.41) is 6.89. The van der Waals surface area contributed by atoms with Crippen LogP contribution >= 0.6 is 0 Å². The number of rotatable bonds is 3. The summed E-state index contributed by atoms with van der Waals surface area (Å²) in [5.41, 5.74) is 1.58. The van der Waals surface area contributed by atoms with Crippen molar-refractivity contribution in [2.45, 2.75) is 31.8 Å². The minimum absolute atomic E-state index is 0.0673. The summed E-state index contributed by atoms with van der Waals surface area (Å²) in [6.07, 6.45) is 5.83. The van der Waals surface area contributed by atoms with Crippen molar-refractivity contribution >= 4 is 6.47 Å².